The van der Waals surface area contributed by atoms with Crippen molar-refractivity contribution in [2.45, 2.75) is 38.3 Å². The van der Waals surface area contributed by atoms with Gasteiger partial charge in [0, 0.05) is 19.2 Å². The number of thioether (sulfide) groups is 1. The smallest absolute Gasteiger partial charge is 0.230 e. The monoisotopic (exact) mass is 438 g/mol. The molecule has 3 aromatic rings. The van der Waals surface area contributed by atoms with Gasteiger partial charge in [0.05, 0.1) is 18.0 Å². The maximum absolute atomic E-state index is 12.2. The molecule has 1 heterocycles. The van der Waals surface area contributed by atoms with Gasteiger partial charge in [-0.25, -0.2) is 0 Å². The molecule has 3 rings (SSSR count). The predicted octanol–water partition coefficient (Wildman–Crippen LogP) is 4.39. The van der Waals surface area contributed by atoms with Crippen molar-refractivity contribution in [2.24, 2.45) is 0 Å². The van der Waals surface area contributed by atoms with Crippen LogP contribution in [-0.4, -0.2) is 46.7 Å². The minimum absolute atomic E-state index is 0.0579. The van der Waals surface area contributed by atoms with Gasteiger partial charge in [0.1, 0.15) is 0 Å². The Balaban J connectivity index is 1.93. The molecule has 6 nitrogen and oxygen atoms in total. The number of nitrogens with zero attached hydrogens (tertiary/aromatic N) is 3. The van der Waals surface area contributed by atoms with Gasteiger partial charge in [-0.1, -0.05) is 75.0 Å². The van der Waals surface area contributed by atoms with Crippen LogP contribution in [0.4, 0.5) is 0 Å². The summed E-state index contributed by atoms with van der Waals surface area (Å²) in [6, 6.07) is 16.6. The van der Waals surface area contributed by atoms with Gasteiger partial charge >= 0.3 is 0 Å². The van der Waals surface area contributed by atoms with Crippen LogP contribution in [0.3, 0.4) is 0 Å². The van der Waals surface area contributed by atoms with Gasteiger partial charge in [-0.3, -0.25) is 9.36 Å². The summed E-state index contributed by atoms with van der Waals surface area (Å²) < 4.78 is 7.01. The number of carbonyl (C=O) groups is 1. The minimum Gasteiger partial charge on any atom is -0.383 e. The molecule has 2 aromatic carbocycles. The second-order valence-electron chi connectivity index (χ2n) is 8.39. The normalized spacial score (nSPS) is 11.5. The van der Waals surface area contributed by atoms with Crippen molar-refractivity contribution < 1.29 is 9.53 Å². The van der Waals surface area contributed by atoms with Crippen molar-refractivity contribution in [1.82, 2.24) is 20.1 Å². The third-order valence-corrected chi connectivity index (χ3v) is 5.89. The Morgan fingerprint density at radius 1 is 1.10 bits per heavy atom. The molecular weight excluding hydrogens is 408 g/mol. The number of nitrogens with one attached hydrogen (secondary N) is 1. The summed E-state index contributed by atoms with van der Waals surface area (Å²) >= 11 is 1.38. The van der Waals surface area contributed by atoms with Crippen molar-refractivity contribution in [3.8, 4) is 17.1 Å². The number of aromatic nitrogens is 3. The van der Waals surface area contributed by atoms with E-state index < -0.39 is 0 Å². The highest BCUT2D eigenvalue weighted by Gasteiger charge is 2.19. The molecule has 0 fully saturated rings. The van der Waals surface area contributed by atoms with Crippen LogP contribution in [0.5, 0.6) is 0 Å². The molecule has 0 bridgehead atoms. The van der Waals surface area contributed by atoms with E-state index in [2.05, 4.69) is 79.6 Å². The van der Waals surface area contributed by atoms with E-state index in [0.717, 1.165) is 22.6 Å². The molecule has 1 aromatic heterocycles. The van der Waals surface area contributed by atoms with Crippen LogP contribution in [0.2, 0.25) is 0 Å². The molecule has 0 saturated carbocycles. The van der Waals surface area contributed by atoms with Crippen LogP contribution >= 0.6 is 11.8 Å². The fourth-order valence-electron chi connectivity index (χ4n) is 3.17. The van der Waals surface area contributed by atoms with Crippen molar-refractivity contribution >= 4 is 17.7 Å². The molecule has 0 spiro atoms. The molecule has 0 aliphatic rings. The molecule has 1 N–H and O–H groups in total. The van der Waals surface area contributed by atoms with Crippen molar-refractivity contribution in [1.29, 1.82) is 0 Å². The first-order valence-corrected chi connectivity index (χ1v) is 11.3. The second-order valence-corrected chi connectivity index (χ2v) is 9.33. The molecular formula is C24H30N4O2S. The number of hydrogen-bond donors (Lipinski definition) is 1. The highest BCUT2D eigenvalue weighted by Crippen LogP contribution is 2.31. The van der Waals surface area contributed by atoms with Gasteiger partial charge in [0.2, 0.25) is 5.91 Å². The van der Waals surface area contributed by atoms with Gasteiger partial charge in [-0.15, -0.1) is 10.2 Å². The summed E-state index contributed by atoms with van der Waals surface area (Å²) in [5.41, 5.74) is 4.45. The number of aryl methyl sites for hydroxylation is 1. The van der Waals surface area contributed by atoms with E-state index in [1.54, 1.807) is 7.11 Å². The standard InChI is InChI=1S/C24H30N4O2S/c1-17-8-6-7-9-20(17)28-22(18-10-12-19(13-11-18)24(2,3)4)26-27-23(28)31-16-21(29)25-14-15-30-5/h6-13H,14-16H2,1-5H3,(H,25,29). The van der Waals surface area contributed by atoms with E-state index in [-0.39, 0.29) is 17.1 Å². The lowest BCUT2D eigenvalue weighted by atomic mass is 9.87. The van der Waals surface area contributed by atoms with E-state index in [1.807, 2.05) is 16.7 Å². The van der Waals surface area contributed by atoms with Crippen molar-refractivity contribution in [3.63, 3.8) is 0 Å². The van der Waals surface area contributed by atoms with Gasteiger partial charge in [0.25, 0.3) is 0 Å². The Morgan fingerprint density at radius 2 is 1.81 bits per heavy atom. The van der Waals surface area contributed by atoms with E-state index in [4.69, 9.17) is 4.74 Å². The predicted molar refractivity (Wildman–Crippen MR) is 126 cm³/mol. The van der Waals surface area contributed by atoms with Crippen LogP contribution < -0.4 is 5.32 Å². The van der Waals surface area contributed by atoms with E-state index in [9.17, 15) is 4.79 Å². The summed E-state index contributed by atoms with van der Waals surface area (Å²) in [6.07, 6.45) is 0. The lowest BCUT2D eigenvalue weighted by molar-refractivity contribution is -0.118. The fourth-order valence-corrected chi connectivity index (χ4v) is 3.95. The summed E-state index contributed by atoms with van der Waals surface area (Å²) in [5, 5.41) is 12.4. The van der Waals surface area contributed by atoms with E-state index in [1.165, 1.54) is 17.3 Å². The molecule has 0 radical (unpaired) electrons. The maximum atomic E-state index is 12.2. The summed E-state index contributed by atoms with van der Waals surface area (Å²) in [7, 11) is 1.61. The zero-order valence-electron chi connectivity index (χ0n) is 18.8. The zero-order chi connectivity index (χ0) is 22.4. The quantitative estimate of drug-likeness (QED) is 0.417. The number of ether oxygens (including phenoxy) is 1. The van der Waals surface area contributed by atoms with Crippen LogP contribution in [0.1, 0.15) is 31.9 Å². The number of benzene rings is 2. The van der Waals surface area contributed by atoms with Gasteiger partial charge < -0.3 is 10.1 Å². The second kappa shape index (κ2) is 10.1. The molecule has 1 amide bonds. The Morgan fingerprint density at radius 3 is 2.45 bits per heavy atom. The lowest BCUT2D eigenvalue weighted by Crippen LogP contribution is -2.28. The summed E-state index contributed by atoms with van der Waals surface area (Å²) in [4.78, 5) is 12.2. The van der Waals surface area contributed by atoms with Gasteiger partial charge in [-0.2, -0.15) is 0 Å². The summed E-state index contributed by atoms with van der Waals surface area (Å²) in [6.45, 7) is 9.64. The molecule has 0 unspecified atom stereocenters. The number of methoxy groups -OCH3 is 1. The first-order chi connectivity index (χ1) is 14.8. The van der Waals surface area contributed by atoms with Crippen LogP contribution in [0.15, 0.2) is 53.7 Å². The molecule has 0 atom stereocenters. The number of carbonyl (C=O) groups excluding carboxylic acids is 1. The number of rotatable bonds is 8. The average molecular weight is 439 g/mol. The molecule has 0 saturated heterocycles. The minimum atomic E-state index is -0.0579. The third kappa shape index (κ3) is 5.74. The van der Waals surface area contributed by atoms with E-state index in [0.29, 0.717) is 18.3 Å². The topological polar surface area (TPSA) is 69.0 Å². The molecule has 31 heavy (non-hydrogen) atoms. The Bertz CT molecular complexity index is 1020. The SMILES string of the molecule is COCCNC(=O)CSc1nnc(-c2ccc(C(C)(C)C)cc2)n1-c1ccccc1C. The number of hydrogen-bond acceptors (Lipinski definition) is 5. The molecule has 164 valence electrons. The average Bonchev–Trinajstić information content (AvgIpc) is 3.16. The van der Waals surface area contributed by atoms with Crippen LogP contribution in [0, 0.1) is 6.92 Å². The number of amides is 1. The first-order valence-electron chi connectivity index (χ1n) is 10.3. The number of para-hydroxylation sites is 1. The van der Waals surface area contributed by atoms with Crippen molar-refractivity contribution in [3.05, 3.63) is 59.7 Å². The molecule has 7 heteroatoms. The Labute approximate surface area is 188 Å². The highest BCUT2D eigenvalue weighted by atomic mass is 32.2. The third-order valence-electron chi connectivity index (χ3n) is 4.96. The Hall–Kier alpha value is -2.64. The van der Waals surface area contributed by atoms with Gasteiger partial charge in [-0.05, 0) is 29.5 Å². The molecule has 0 aliphatic carbocycles. The van der Waals surface area contributed by atoms with E-state index >= 15 is 0 Å². The molecule has 0 aliphatic heterocycles. The fraction of sp³-hybridized carbons (Fsp3) is 0.375. The first kappa shape index (κ1) is 23.0. The van der Waals surface area contributed by atoms with Crippen LogP contribution in [0.25, 0.3) is 17.1 Å². The lowest BCUT2D eigenvalue weighted by Gasteiger charge is -2.19. The Kier molecular flexibility index (Phi) is 7.51. The zero-order valence-corrected chi connectivity index (χ0v) is 19.6. The maximum Gasteiger partial charge on any atom is 0.230 e. The van der Waals surface area contributed by atoms with Gasteiger partial charge in [0.15, 0.2) is 11.0 Å². The van der Waals surface area contributed by atoms with Crippen LogP contribution in [-0.2, 0) is 14.9 Å². The van der Waals surface area contributed by atoms with Crippen molar-refractivity contribution in [2.75, 3.05) is 26.0 Å². The largest absolute Gasteiger partial charge is 0.383 e. The summed E-state index contributed by atoms with van der Waals surface area (Å²) in [5.74, 6) is 0.964. The highest BCUT2D eigenvalue weighted by molar-refractivity contribution is 7.99.